The summed E-state index contributed by atoms with van der Waals surface area (Å²) in [6, 6.07) is 2.65. The number of anilines is 2. The number of nitrogen functional groups attached to an aromatic ring is 2. The SMILES string of the molecule is NCc1c(N)nc2c(c1N)Cc1c(O)cc(O)cc1O2. The quantitative estimate of drug-likeness (QED) is 0.442. The van der Waals surface area contributed by atoms with Crippen molar-refractivity contribution in [3.63, 3.8) is 0 Å². The van der Waals surface area contributed by atoms with Crippen LogP contribution in [0.4, 0.5) is 11.5 Å². The molecule has 104 valence electrons. The van der Waals surface area contributed by atoms with E-state index >= 15 is 0 Å². The van der Waals surface area contributed by atoms with E-state index in [9.17, 15) is 10.2 Å². The van der Waals surface area contributed by atoms with Crippen LogP contribution in [0.3, 0.4) is 0 Å². The van der Waals surface area contributed by atoms with E-state index in [1.54, 1.807) is 0 Å². The Hall–Kier alpha value is -2.67. The summed E-state index contributed by atoms with van der Waals surface area (Å²) in [7, 11) is 0. The molecule has 2 heterocycles. The molecule has 1 aliphatic rings. The molecule has 3 rings (SSSR count). The number of nitrogens with two attached hydrogens (primary N) is 3. The van der Waals surface area contributed by atoms with Crippen LogP contribution in [-0.4, -0.2) is 15.2 Å². The third kappa shape index (κ3) is 1.68. The molecule has 1 aliphatic heterocycles. The molecular formula is C13H14N4O3. The lowest BCUT2D eigenvalue weighted by Gasteiger charge is -2.23. The maximum atomic E-state index is 9.88. The molecule has 7 nitrogen and oxygen atoms in total. The van der Waals surface area contributed by atoms with Crippen LogP contribution in [-0.2, 0) is 13.0 Å². The van der Waals surface area contributed by atoms with Crippen LogP contribution in [0.5, 0.6) is 23.1 Å². The van der Waals surface area contributed by atoms with Crippen molar-refractivity contribution >= 4 is 11.5 Å². The predicted molar refractivity (Wildman–Crippen MR) is 73.6 cm³/mol. The Balaban J connectivity index is 2.18. The minimum atomic E-state index is -0.0933. The first-order valence-corrected chi connectivity index (χ1v) is 6.00. The van der Waals surface area contributed by atoms with E-state index < -0.39 is 0 Å². The van der Waals surface area contributed by atoms with Gasteiger partial charge in [0.05, 0.1) is 0 Å². The molecule has 0 saturated heterocycles. The Bertz CT molecular complexity index is 715. The Morgan fingerprint density at radius 1 is 1.20 bits per heavy atom. The Morgan fingerprint density at radius 3 is 2.65 bits per heavy atom. The topological polar surface area (TPSA) is 141 Å². The highest BCUT2D eigenvalue weighted by atomic mass is 16.5. The molecule has 2 aromatic rings. The molecule has 0 aliphatic carbocycles. The van der Waals surface area contributed by atoms with Gasteiger partial charge in [-0.25, -0.2) is 0 Å². The number of hydrogen-bond acceptors (Lipinski definition) is 7. The van der Waals surface area contributed by atoms with E-state index in [1.807, 2.05) is 0 Å². The second kappa shape index (κ2) is 4.17. The number of phenols is 2. The Kier molecular flexibility index (Phi) is 2.58. The average molecular weight is 274 g/mol. The molecule has 0 atom stereocenters. The second-order valence-electron chi connectivity index (χ2n) is 4.60. The zero-order valence-corrected chi connectivity index (χ0v) is 10.6. The van der Waals surface area contributed by atoms with Gasteiger partial charge in [0, 0.05) is 47.5 Å². The summed E-state index contributed by atoms with van der Waals surface area (Å²) < 4.78 is 5.57. The monoisotopic (exact) mass is 274 g/mol. The Labute approximate surface area is 114 Å². The summed E-state index contributed by atoms with van der Waals surface area (Å²) in [6.07, 6.45) is 0.336. The van der Waals surface area contributed by atoms with Crippen molar-refractivity contribution in [3.05, 3.63) is 28.8 Å². The van der Waals surface area contributed by atoms with Gasteiger partial charge in [-0.15, -0.1) is 0 Å². The van der Waals surface area contributed by atoms with Crippen molar-refractivity contribution in [2.45, 2.75) is 13.0 Å². The molecule has 8 N–H and O–H groups in total. The normalized spacial score (nSPS) is 12.4. The van der Waals surface area contributed by atoms with Gasteiger partial charge in [-0.3, -0.25) is 0 Å². The molecule has 0 radical (unpaired) electrons. The largest absolute Gasteiger partial charge is 0.508 e. The van der Waals surface area contributed by atoms with Gasteiger partial charge in [-0.05, 0) is 0 Å². The maximum Gasteiger partial charge on any atom is 0.226 e. The molecule has 0 bridgehead atoms. The highest BCUT2D eigenvalue weighted by Gasteiger charge is 2.26. The summed E-state index contributed by atoms with van der Waals surface area (Å²) in [5, 5.41) is 19.4. The van der Waals surface area contributed by atoms with Crippen LogP contribution in [0.15, 0.2) is 12.1 Å². The van der Waals surface area contributed by atoms with E-state index in [2.05, 4.69) is 4.98 Å². The minimum absolute atomic E-state index is 0.0591. The minimum Gasteiger partial charge on any atom is -0.508 e. The van der Waals surface area contributed by atoms with Crippen molar-refractivity contribution in [2.24, 2.45) is 5.73 Å². The number of aromatic hydroxyl groups is 2. The van der Waals surface area contributed by atoms with Gasteiger partial charge < -0.3 is 32.2 Å². The van der Waals surface area contributed by atoms with Crippen molar-refractivity contribution in [1.29, 1.82) is 0 Å². The molecule has 0 fully saturated rings. The molecule has 0 spiro atoms. The lowest BCUT2D eigenvalue weighted by Crippen LogP contribution is -2.14. The van der Waals surface area contributed by atoms with E-state index in [1.165, 1.54) is 12.1 Å². The van der Waals surface area contributed by atoms with E-state index in [-0.39, 0.29) is 29.7 Å². The van der Waals surface area contributed by atoms with Gasteiger partial charge in [0.25, 0.3) is 0 Å². The number of pyridine rings is 1. The fraction of sp³-hybridized carbons (Fsp3) is 0.154. The first kappa shape index (κ1) is 12.4. The molecule has 1 aromatic carbocycles. The average Bonchev–Trinajstić information content (AvgIpc) is 2.37. The fourth-order valence-corrected chi connectivity index (χ4v) is 2.32. The maximum absolute atomic E-state index is 9.88. The van der Waals surface area contributed by atoms with Crippen LogP contribution in [0.1, 0.15) is 16.7 Å². The first-order valence-electron chi connectivity index (χ1n) is 6.00. The molecule has 0 saturated carbocycles. The number of rotatable bonds is 1. The van der Waals surface area contributed by atoms with Gasteiger partial charge >= 0.3 is 0 Å². The van der Waals surface area contributed by atoms with Gasteiger partial charge in [0.2, 0.25) is 5.88 Å². The fourth-order valence-electron chi connectivity index (χ4n) is 2.32. The number of ether oxygens (including phenoxy) is 1. The smallest absolute Gasteiger partial charge is 0.226 e. The molecule has 20 heavy (non-hydrogen) atoms. The van der Waals surface area contributed by atoms with Crippen LogP contribution in [0.2, 0.25) is 0 Å². The summed E-state index contributed by atoms with van der Waals surface area (Å²) in [6.45, 7) is 0.173. The van der Waals surface area contributed by atoms with E-state index in [0.29, 0.717) is 34.5 Å². The highest BCUT2D eigenvalue weighted by Crippen LogP contribution is 2.44. The predicted octanol–water partition coefficient (Wildman–Crippen LogP) is 0.812. The summed E-state index contributed by atoms with van der Waals surface area (Å²) in [5.41, 5.74) is 19.6. The summed E-state index contributed by atoms with van der Waals surface area (Å²) >= 11 is 0. The zero-order chi connectivity index (χ0) is 14.4. The molecule has 7 heteroatoms. The van der Waals surface area contributed by atoms with Crippen molar-refractivity contribution in [1.82, 2.24) is 4.98 Å². The van der Waals surface area contributed by atoms with Gasteiger partial charge in [0.1, 0.15) is 23.1 Å². The van der Waals surface area contributed by atoms with Crippen molar-refractivity contribution < 1.29 is 14.9 Å². The number of benzene rings is 1. The van der Waals surface area contributed by atoms with Gasteiger partial charge in [-0.1, -0.05) is 0 Å². The van der Waals surface area contributed by atoms with Crippen LogP contribution in [0.25, 0.3) is 0 Å². The summed E-state index contributed by atoms with van der Waals surface area (Å²) in [4.78, 5) is 4.14. The van der Waals surface area contributed by atoms with Gasteiger partial charge in [0.15, 0.2) is 0 Å². The van der Waals surface area contributed by atoms with E-state index in [4.69, 9.17) is 21.9 Å². The lowest BCUT2D eigenvalue weighted by atomic mass is 9.98. The Morgan fingerprint density at radius 2 is 1.95 bits per heavy atom. The number of fused-ring (bicyclic) bond motifs is 2. The van der Waals surface area contributed by atoms with Crippen molar-refractivity contribution in [2.75, 3.05) is 11.5 Å². The van der Waals surface area contributed by atoms with Crippen LogP contribution < -0.4 is 21.9 Å². The summed E-state index contributed by atoms with van der Waals surface area (Å²) in [5.74, 6) is 0.675. The van der Waals surface area contributed by atoms with Gasteiger partial charge in [-0.2, -0.15) is 4.98 Å². The molecular weight excluding hydrogens is 260 g/mol. The second-order valence-corrected chi connectivity index (χ2v) is 4.60. The van der Waals surface area contributed by atoms with Crippen molar-refractivity contribution in [3.8, 4) is 23.1 Å². The zero-order valence-electron chi connectivity index (χ0n) is 10.6. The van der Waals surface area contributed by atoms with E-state index in [0.717, 1.165) is 0 Å². The molecule has 0 amide bonds. The molecule has 0 unspecified atom stereocenters. The third-order valence-corrected chi connectivity index (χ3v) is 3.37. The lowest BCUT2D eigenvalue weighted by molar-refractivity contribution is 0.407. The standard InChI is InChI=1S/C13H14N4O3/c14-4-8-11(15)7-3-6-9(19)1-5(18)2-10(6)20-13(7)17-12(8)16/h1-2,18-19H,3-4,14H2,(H4,15,16,17). The number of nitrogens with zero attached hydrogens (tertiary/aromatic N) is 1. The highest BCUT2D eigenvalue weighted by molar-refractivity contribution is 5.69. The number of phenolic OH excluding ortho intramolecular Hbond substituents is 2. The van der Waals surface area contributed by atoms with Crippen LogP contribution >= 0.6 is 0 Å². The number of aromatic nitrogens is 1. The molecule has 1 aromatic heterocycles. The number of hydrogen-bond donors (Lipinski definition) is 5. The van der Waals surface area contributed by atoms with Crippen LogP contribution in [0, 0.1) is 0 Å². The third-order valence-electron chi connectivity index (χ3n) is 3.37. The first-order chi connectivity index (χ1) is 9.51.